The van der Waals surface area contributed by atoms with E-state index in [1.165, 1.54) is 7.05 Å². The van der Waals surface area contributed by atoms with Crippen LogP contribution >= 0.6 is 0 Å². The van der Waals surface area contributed by atoms with Gasteiger partial charge in [0.1, 0.15) is 6.04 Å². The lowest BCUT2D eigenvalue weighted by molar-refractivity contribution is -0.0806. The Bertz CT molecular complexity index is 85.5. The third-order valence-corrected chi connectivity index (χ3v) is 0.747. The van der Waals surface area contributed by atoms with Gasteiger partial charge in [-0.2, -0.15) is 10.3 Å². The van der Waals surface area contributed by atoms with Gasteiger partial charge in [-0.25, -0.2) is 0 Å². The number of hydrogen-bond acceptors (Lipinski definition) is 3. The molecule has 1 unspecified atom stereocenters. The van der Waals surface area contributed by atoms with Gasteiger partial charge < -0.3 is 5.21 Å². The summed E-state index contributed by atoms with van der Waals surface area (Å²) in [5, 5.41) is 17.3. The van der Waals surface area contributed by atoms with Crippen LogP contribution in [0.25, 0.3) is 0 Å². The molecule has 0 spiro atoms. The highest BCUT2D eigenvalue weighted by atomic mass is 16.5. The van der Waals surface area contributed by atoms with E-state index in [0.29, 0.717) is 0 Å². The van der Waals surface area contributed by atoms with Crippen LogP contribution in [0.2, 0.25) is 0 Å². The lowest BCUT2D eigenvalue weighted by Gasteiger charge is -2.07. The van der Waals surface area contributed by atoms with E-state index in [-0.39, 0.29) is 0 Å². The van der Waals surface area contributed by atoms with Crippen LogP contribution in [0.1, 0.15) is 20.8 Å². The van der Waals surface area contributed by atoms with Gasteiger partial charge in [-0.05, 0) is 6.92 Å². The molecule has 0 bridgehead atoms. The van der Waals surface area contributed by atoms with Crippen molar-refractivity contribution in [3.8, 4) is 6.07 Å². The second-order valence-electron chi connectivity index (χ2n) is 1.38. The number of hydrogen-bond donors (Lipinski definition) is 1. The second kappa shape index (κ2) is 7.41. The maximum Gasteiger partial charge on any atom is 0.118 e. The third-order valence-electron chi connectivity index (χ3n) is 0.747. The summed E-state index contributed by atoms with van der Waals surface area (Å²) in [7, 11) is 1.44. The van der Waals surface area contributed by atoms with Crippen molar-refractivity contribution in [3.63, 3.8) is 0 Å². The zero-order chi connectivity index (χ0) is 7.86. The first kappa shape index (κ1) is 11.2. The lowest BCUT2D eigenvalue weighted by atomic mass is 10.4. The molecule has 3 heteroatoms. The summed E-state index contributed by atoms with van der Waals surface area (Å²) in [5.74, 6) is 0. The molecule has 0 aliphatic heterocycles. The SMILES string of the molecule is CC.CC(C#N)N(C)O. The van der Waals surface area contributed by atoms with Crippen LogP contribution < -0.4 is 0 Å². The maximum absolute atomic E-state index is 8.43. The van der Waals surface area contributed by atoms with E-state index in [1.54, 1.807) is 6.92 Å². The first-order chi connectivity index (χ1) is 4.18. The zero-order valence-corrected chi connectivity index (χ0v) is 6.42. The number of nitriles is 1. The van der Waals surface area contributed by atoms with Crippen molar-refractivity contribution in [2.45, 2.75) is 26.8 Å². The van der Waals surface area contributed by atoms with Gasteiger partial charge in [0.15, 0.2) is 0 Å². The minimum Gasteiger partial charge on any atom is -0.313 e. The molecule has 3 nitrogen and oxygen atoms in total. The quantitative estimate of drug-likeness (QED) is 0.543. The zero-order valence-electron chi connectivity index (χ0n) is 6.42. The van der Waals surface area contributed by atoms with E-state index in [0.717, 1.165) is 5.06 Å². The fourth-order valence-electron chi connectivity index (χ4n) is 0.0836. The molecule has 0 heterocycles. The molecule has 1 N–H and O–H groups in total. The molecule has 0 aromatic heterocycles. The summed E-state index contributed by atoms with van der Waals surface area (Å²) < 4.78 is 0. The Morgan fingerprint density at radius 1 is 1.56 bits per heavy atom. The fourth-order valence-corrected chi connectivity index (χ4v) is 0.0836. The molecule has 0 saturated heterocycles. The van der Waals surface area contributed by atoms with Crippen molar-refractivity contribution in [2.24, 2.45) is 0 Å². The van der Waals surface area contributed by atoms with Crippen molar-refractivity contribution in [2.75, 3.05) is 7.05 Å². The van der Waals surface area contributed by atoms with Crippen LogP contribution in [0.3, 0.4) is 0 Å². The van der Waals surface area contributed by atoms with Crippen LogP contribution in [-0.4, -0.2) is 23.4 Å². The van der Waals surface area contributed by atoms with E-state index in [1.807, 2.05) is 19.9 Å². The molecule has 0 fully saturated rings. The standard InChI is InChI=1S/C4H8N2O.C2H6/c1-4(3-5)6(2)7;1-2/h4,7H,1-2H3;1-2H3. The van der Waals surface area contributed by atoms with Crippen LogP contribution in [0, 0.1) is 11.3 Å². The Hall–Kier alpha value is -0.590. The minimum atomic E-state index is -0.403. The van der Waals surface area contributed by atoms with E-state index < -0.39 is 6.04 Å². The second-order valence-corrected chi connectivity index (χ2v) is 1.38. The van der Waals surface area contributed by atoms with Gasteiger partial charge in [0.2, 0.25) is 0 Å². The molecule has 0 aromatic carbocycles. The molecule has 0 radical (unpaired) electrons. The largest absolute Gasteiger partial charge is 0.313 e. The molecule has 0 aromatic rings. The van der Waals surface area contributed by atoms with Gasteiger partial charge in [0.25, 0.3) is 0 Å². The topological polar surface area (TPSA) is 47.3 Å². The maximum atomic E-state index is 8.43. The minimum absolute atomic E-state index is 0.403. The average Bonchev–Trinajstić information content (AvgIpc) is 1.91. The van der Waals surface area contributed by atoms with Crippen LogP contribution in [0.4, 0.5) is 0 Å². The first-order valence-corrected chi connectivity index (χ1v) is 3.00. The van der Waals surface area contributed by atoms with Gasteiger partial charge >= 0.3 is 0 Å². The highest BCUT2D eigenvalue weighted by Crippen LogP contribution is 1.84. The van der Waals surface area contributed by atoms with Gasteiger partial charge in [-0.3, -0.25) is 0 Å². The van der Waals surface area contributed by atoms with E-state index >= 15 is 0 Å². The third kappa shape index (κ3) is 7.41. The molecule has 9 heavy (non-hydrogen) atoms. The van der Waals surface area contributed by atoms with Crippen LogP contribution in [-0.2, 0) is 0 Å². The molecule has 1 atom stereocenters. The fraction of sp³-hybridized carbons (Fsp3) is 0.833. The first-order valence-electron chi connectivity index (χ1n) is 3.00. The van der Waals surface area contributed by atoms with E-state index in [2.05, 4.69) is 0 Å². The monoisotopic (exact) mass is 130 g/mol. The van der Waals surface area contributed by atoms with Crippen molar-refractivity contribution < 1.29 is 5.21 Å². The van der Waals surface area contributed by atoms with Crippen molar-refractivity contribution in [3.05, 3.63) is 0 Å². The van der Waals surface area contributed by atoms with E-state index in [4.69, 9.17) is 10.5 Å². The van der Waals surface area contributed by atoms with Crippen molar-refractivity contribution in [1.82, 2.24) is 5.06 Å². The Morgan fingerprint density at radius 2 is 1.89 bits per heavy atom. The highest BCUT2D eigenvalue weighted by Gasteiger charge is 2.00. The molecule has 0 aliphatic carbocycles. The highest BCUT2D eigenvalue weighted by molar-refractivity contribution is 4.82. The van der Waals surface area contributed by atoms with Gasteiger partial charge in [-0.1, -0.05) is 13.8 Å². The van der Waals surface area contributed by atoms with Crippen molar-refractivity contribution in [1.29, 1.82) is 5.26 Å². The smallest absolute Gasteiger partial charge is 0.118 e. The van der Waals surface area contributed by atoms with E-state index in [9.17, 15) is 0 Å². The molecular formula is C6H14N2O. The van der Waals surface area contributed by atoms with Gasteiger partial charge in [0.05, 0.1) is 6.07 Å². The predicted molar refractivity (Wildman–Crippen MR) is 36.0 cm³/mol. The molecule has 0 rings (SSSR count). The Labute approximate surface area is 56.5 Å². The Balaban J connectivity index is 0. The normalized spacial score (nSPS) is 11.2. The predicted octanol–water partition coefficient (Wildman–Crippen LogP) is 1.25. The van der Waals surface area contributed by atoms with Crippen molar-refractivity contribution >= 4 is 0 Å². The summed E-state index contributed by atoms with van der Waals surface area (Å²) in [6.07, 6.45) is 0. The average molecular weight is 130 g/mol. The summed E-state index contributed by atoms with van der Waals surface area (Å²) >= 11 is 0. The summed E-state index contributed by atoms with van der Waals surface area (Å²) in [4.78, 5) is 0. The molecule has 0 amide bonds. The number of rotatable bonds is 1. The van der Waals surface area contributed by atoms with Crippen LogP contribution in [0.5, 0.6) is 0 Å². The molecule has 54 valence electrons. The Kier molecular flexibility index (Phi) is 9.25. The lowest BCUT2D eigenvalue weighted by Crippen LogP contribution is -2.22. The molecule has 0 saturated carbocycles. The summed E-state index contributed by atoms with van der Waals surface area (Å²) in [5.41, 5.74) is 0. The van der Waals surface area contributed by atoms with Crippen LogP contribution in [0.15, 0.2) is 0 Å². The number of nitrogens with zero attached hydrogens (tertiary/aromatic N) is 2. The number of hydroxylamine groups is 2. The summed E-state index contributed by atoms with van der Waals surface area (Å²) in [6, 6.07) is 1.44. The Morgan fingerprint density at radius 3 is 1.89 bits per heavy atom. The van der Waals surface area contributed by atoms with Gasteiger partial charge in [-0.15, -0.1) is 0 Å². The molecular weight excluding hydrogens is 116 g/mol. The van der Waals surface area contributed by atoms with Gasteiger partial charge in [0, 0.05) is 7.05 Å². The summed E-state index contributed by atoms with van der Waals surface area (Å²) in [6.45, 7) is 5.61. The molecule has 0 aliphatic rings.